The van der Waals surface area contributed by atoms with E-state index in [1.807, 2.05) is 13.8 Å². The Hall–Kier alpha value is -0.0800. The van der Waals surface area contributed by atoms with E-state index in [9.17, 15) is 0 Å². The molecule has 0 spiro atoms. The second-order valence-corrected chi connectivity index (χ2v) is 14.1. The van der Waals surface area contributed by atoms with E-state index in [0.717, 1.165) is 11.8 Å². The molecule has 2 atom stereocenters. The average Bonchev–Trinajstić information content (AvgIpc) is 3.06. The van der Waals surface area contributed by atoms with Gasteiger partial charge in [-0.15, -0.1) is 0 Å². The first-order valence-corrected chi connectivity index (χ1v) is 21.7. The molecule has 0 aromatic carbocycles. The Morgan fingerprint density at radius 1 is 0.391 bits per heavy atom. The largest absolute Gasteiger partial charge is 0.316 e. The van der Waals surface area contributed by atoms with E-state index in [2.05, 4.69) is 86.6 Å². The molecule has 1 N–H and O–H groups in total. The highest BCUT2D eigenvalue weighted by atomic mass is 15.0. The zero-order chi connectivity index (χ0) is 35.9. The molecular formula is C44H100N2. The highest BCUT2D eigenvalue weighted by Crippen LogP contribution is 2.16. The molecule has 2 unspecified atom stereocenters. The van der Waals surface area contributed by atoms with E-state index in [4.69, 9.17) is 0 Å². The number of rotatable bonds is 29. The standard InChI is InChI=1S/C22H47N.C11H25N.C5H12.C4H10.C2H6/c1-5-8-10-11-12-13-15-17-21(4)19-23-20-22(16-7-3)18-14-9-6-2;1-4-5-6-7-8-9-10-11-12(2)3;1-3-5-4-2;1-3-4-2;1-2/h21-23H,5-20H2,1-4H3;4-11H2,1-3H3;3-5H2,1-2H3;3-4H2,1-2H3;1-2H3. The van der Waals surface area contributed by atoms with Crippen LogP contribution in [-0.4, -0.2) is 38.6 Å². The van der Waals surface area contributed by atoms with E-state index in [1.54, 1.807) is 0 Å². The lowest BCUT2D eigenvalue weighted by atomic mass is 9.96. The predicted octanol–water partition coefficient (Wildman–Crippen LogP) is 15.7. The highest BCUT2D eigenvalue weighted by Gasteiger charge is 2.08. The topological polar surface area (TPSA) is 15.3 Å². The zero-order valence-electron chi connectivity index (χ0n) is 35.6. The van der Waals surface area contributed by atoms with Gasteiger partial charge in [0, 0.05) is 0 Å². The van der Waals surface area contributed by atoms with E-state index in [0.29, 0.717) is 0 Å². The molecule has 2 nitrogen and oxygen atoms in total. The quantitative estimate of drug-likeness (QED) is 0.0806. The molecule has 2 heteroatoms. The van der Waals surface area contributed by atoms with Gasteiger partial charge in [0.15, 0.2) is 0 Å². The first-order chi connectivity index (χ1) is 22.3. The summed E-state index contributed by atoms with van der Waals surface area (Å²) in [5, 5.41) is 3.77. The first-order valence-electron chi connectivity index (χ1n) is 21.7. The van der Waals surface area contributed by atoms with Gasteiger partial charge >= 0.3 is 0 Å². The Labute approximate surface area is 298 Å². The van der Waals surface area contributed by atoms with Gasteiger partial charge in [-0.25, -0.2) is 0 Å². The molecule has 46 heavy (non-hydrogen) atoms. The van der Waals surface area contributed by atoms with Crippen LogP contribution in [-0.2, 0) is 0 Å². The van der Waals surface area contributed by atoms with Crippen LogP contribution in [0, 0.1) is 11.8 Å². The molecule has 0 aromatic heterocycles. The Balaban J connectivity index is -0.000000201. The van der Waals surface area contributed by atoms with Crippen molar-refractivity contribution in [1.82, 2.24) is 10.2 Å². The SMILES string of the molecule is CC.CCCC.CCCCC.CCCCCCCCCC(C)CNCC(CCC)CCCCC.CCCCCCCCCN(C)C. The first kappa shape index (κ1) is 55.3. The van der Waals surface area contributed by atoms with Gasteiger partial charge in [-0.05, 0) is 71.2 Å². The van der Waals surface area contributed by atoms with Gasteiger partial charge in [-0.2, -0.15) is 0 Å². The van der Waals surface area contributed by atoms with Crippen LogP contribution in [0.25, 0.3) is 0 Å². The van der Waals surface area contributed by atoms with Gasteiger partial charge in [0.25, 0.3) is 0 Å². The van der Waals surface area contributed by atoms with Crippen LogP contribution in [0.3, 0.4) is 0 Å². The van der Waals surface area contributed by atoms with E-state index in [1.165, 1.54) is 187 Å². The molecule has 0 aliphatic carbocycles. The van der Waals surface area contributed by atoms with Gasteiger partial charge in [-0.1, -0.05) is 217 Å². The molecular weight excluding hydrogens is 556 g/mol. The molecule has 0 radical (unpaired) electrons. The summed E-state index contributed by atoms with van der Waals surface area (Å²) in [6, 6.07) is 0. The van der Waals surface area contributed by atoms with Gasteiger partial charge in [0.05, 0.1) is 0 Å². The lowest BCUT2D eigenvalue weighted by Crippen LogP contribution is -2.27. The fraction of sp³-hybridized carbons (Fsp3) is 1.00. The number of hydrogen-bond donors (Lipinski definition) is 1. The molecule has 0 bridgehead atoms. The van der Waals surface area contributed by atoms with Crippen LogP contribution in [0.4, 0.5) is 0 Å². The van der Waals surface area contributed by atoms with Crippen LogP contribution >= 0.6 is 0 Å². The molecule has 0 fully saturated rings. The molecule has 286 valence electrons. The van der Waals surface area contributed by atoms with Gasteiger partial charge in [0.1, 0.15) is 0 Å². The molecule has 0 heterocycles. The van der Waals surface area contributed by atoms with Crippen LogP contribution in [0.15, 0.2) is 0 Å². The summed E-state index contributed by atoms with van der Waals surface area (Å²) < 4.78 is 0. The maximum atomic E-state index is 3.77. The zero-order valence-corrected chi connectivity index (χ0v) is 35.6. The molecule has 0 rings (SSSR count). The van der Waals surface area contributed by atoms with Crippen molar-refractivity contribution in [3.8, 4) is 0 Å². The van der Waals surface area contributed by atoms with Gasteiger partial charge in [0.2, 0.25) is 0 Å². The lowest BCUT2D eigenvalue weighted by molar-refractivity contribution is 0.373. The fourth-order valence-corrected chi connectivity index (χ4v) is 5.26. The maximum Gasteiger partial charge on any atom is -0.00204 e. The minimum atomic E-state index is 0.851. The van der Waals surface area contributed by atoms with E-state index >= 15 is 0 Å². The Kier molecular flexibility index (Phi) is 68.8. The fourth-order valence-electron chi connectivity index (χ4n) is 5.26. The number of nitrogens with zero attached hydrogens (tertiary/aromatic N) is 1. The highest BCUT2D eigenvalue weighted by molar-refractivity contribution is 4.65. The third-order valence-electron chi connectivity index (χ3n) is 8.56. The van der Waals surface area contributed by atoms with Crippen molar-refractivity contribution in [3.63, 3.8) is 0 Å². The van der Waals surface area contributed by atoms with Crippen molar-refractivity contribution in [2.75, 3.05) is 33.7 Å². The molecule has 0 aliphatic heterocycles. The van der Waals surface area contributed by atoms with Crippen molar-refractivity contribution in [1.29, 1.82) is 0 Å². The number of unbranched alkanes of at least 4 members (excludes halogenated alkanes) is 17. The predicted molar refractivity (Wildman–Crippen MR) is 221 cm³/mol. The lowest BCUT2D eigenvalue weighted by Gasteiger charge is -2.19. The smallest absolute Gasteiger partial charge is 0.00204 e. The normalized spacial score (nSPS) is 11.6. The van der Waals surface area contributed by atoms with Gasteiger partial charge in [-0.3, -0.25) is 0 Å². The average molecular weight is 657 g/mol. The van der Waals surface area contributed by atoms with E-state index < -0.39 is 0 Å². The van der Waals surface area contributed by atoms with Crippen LogP contribution in [0.1, 0.15) is 243 Å². The summed E-state index contributed by atoms with van der Waals surface area (Å²) in [6.07, 6.45) is 36.4. The summed E-state index contributed by atoms with van der Waals surface area (Å²) in [4.78, 5) is 2.27. The molecule has 0 aromatic rings. The maximum absolute atomic E-state index is 3.77. The van der Waals surface area contributed by atoms with Crippen molar-refractivity contribution < 1.29 is 0 Å². The minimum Gasteiger partial charge on any atom is -0.316 e. The minimum absolute atomic E-state index is 0.851. The third kappa shape index (κ3) is 66.3. The molecule has 0 saturated heterocycles. The second kappa shape index (κ2) is 57.2. The van der Waals surface area contributed by atoms with Crippen molar-refractivity contribution in [2.45, 2.75) is 243 Å². The third-order valence-corrected chi connectivity index (χ3v) is 8.56. The van der Waals surface area contributed by atoms with Crippen LogP contribution in [0.5, 0.6) is 0 Å². The van der Waals surface area contributed by atoms with Crippen LogP contribution < -0.4 is 5.32 Å². The molecule has 0 amide bonds. The summed E-state index contributed by atoms with van der Waals surface area (Å²) in [6.45, 7) is 28.1. The van der Waals surface area contributed by atoms with E-state index in [-0.39, 0.29) is 0 Å². The summed E-state index contributed by atoms with van der Waals surface area (Å²) in [7, 11) is 4.30. The summed E-state index contributed by atoms with van der Waals surface area (Å²) >= 11 is 0. The van der Waals surface area contributed by atoms with Crippen molar-refractivity contribution >= 4 is 0 Å². The monoisotopic (exact) mass is 657 g/mol. The Morgan fingerprint density at radius 2 is 0.783 bits per heavy atom. The van der Waals surface area contributed by atoms with Crippen molar-refractivity contribution in [3.05, 3.63) is 0 Å². The number of hydrogen-bond acceptors (Lipinski definition) is 2. The van der Waals surface area contributed by atoms with Crippen molar-refractivity contribution in [2.24, 2.45) is 11.8 Å². The summed E-state index contributed by atoms with van der Waals surface area (Å²) in [5.41, 5.74) is 0. The second-order valence-electron chi connectivity index (χ2n) is 14.1. The Bertz CT molecular complexity index is 418. The number of nitrogens with one attached hydrogen (secondary N) is 1. The van der Waals surface area contributed by atoms with Crippen LogP contribution in [0.2, 0.25) is 0 Å². The van der Waals surface area contributed by atoms with Gasteiger partial charge < -0.3 is 10.2 Å². The molecule has 0 aliphatic rings. The Morgan fingerprint density at radius 3 is 1.17 bits per heavy atom. The summed E-state index contributed by atoms with van der Waals surface area (Å²) in [5.74, 6) is 1.76. The molecule has 0 saturated carbocycles.